The zero-order valence-electron chi connectivity index (χ0n) is 45.4. The van der Waals surface area contributed by atoms with Gasteiger partial charge in [0.1, 0.15) is 0 Å². The minimum absolute atomic E-state index is 0.319. The van der Waals surface area contributed by atoms with Crippen molar-refractivity contribution in [2.24, 2.45) is 86.8 Å². The maximum absolute atomic E-state index is 11.1. The molecule has 2 heterocycles. The van der Waals surface area contributed by atoms with Crippen LogP contribution in [0.3, 0.4) is 0 Å². The van der Waals surface area contributed by atoms with Gasteiger partial charge in [0.25, 0.3) is 0 Å². The lowest BCUT2D eigenvalue weighted by Gasteiger charge is -2.62. The van der Waals surface area contributed by atoms with E-state index in [9.17, 15) is 20.4 Å². The Hall–Kier alpha value is -0.540. The highest BCUT2D eigenvalue weighted by atomic mass is 16.5. The molecular formula is C61H106O7. The van der Waals surface area contributed by atoms with Gasteiger partial charge in [-0.1, -0.05) is 67.0 Å². The fourth-order valence-corrected chi connectivity index (χ4v) is 20.1. The quantitative estimate of drug-likeness (QED) is 0.138. The van der Waals surface area contributed by atoms with Gasteiger partial charge < -0.3 is 35.0 Å². The number of rotatable bonds is 10. The first-order chi connectivity index (χ1) is 32.3. The van der Waals surface area contributed by atoms with E-state index in [-0.39, 0.29) is 5.60 Å². The van der Waals surface area contributed by atoms with Crippen molar-refractivity contribution in [3.05, 3.63) is 11.6 Å². The standard InChI is InChI=1S/C30H52O3.C30H50O3.CH4O/c2*1-5-29(31)17-16-27(3)22(19-29)7-8-23-25-10-9-24(28(25,4)14-12-26(23)27)21(2)11-15-30(32)13-6-18-33-20-30;1-2/h21-26,31-32H,5-20H2,1-4H3;7,21,23-26,31-32H,5-6,8-20H2,1-4H3;2H,1H3/t21-,22+,23+,24-,25+,26+,27+,28-,29+,30?;21-,23+,24-,25+,26+,27+,28-,29+,30?;/m11./s1. The average Bonchev–Trinajstić information content (AvgIpc) is 3.89. The van der Waals surface area contributed by atoms with Gasteiger partial charge >= 0.3 is 0 Å². The summed E-state index contributed by atoms with van der Waals surface area (Å²) in [7, 11) is 1.00. The van der Waals surface area contributed by atoms with Gasteiger partial charge in [0, 0.05) is 20.3 Å². The highest BCUT2D eigenvalue weighted by molar-refractivity contribution is 5.27. The lowest BCUT2D eigenvalue weighted by molar-refractivity contribution is -0.153. The molecular weight excluding hydrogens is 845 g/mol. The van der Waals surface area contributed by atoms with E-state index in [2.05, 4.69) is 61.5 Å². The predicted octanol–water partition coefficient (Wildman–Crippen LogP) is 13.0. The molecule has 2 saturated heterocycles. The summed E-state index contributed by atoms with van der Waals surface area (Å²) in [5.41, 5.74) is 1.33. The van der Waals surface area contributed by atoms with Crippen LogP contribution in [-0.4, -0.2) is 81.5 Å². The fraction of sp³-hybridized carbons (Fsp3) is 0.967. The van der Waals surface area contributed by atoms with E-state index in [1.54, 1.807) is 5.57 Å². The van der Waals surface area contributed by atoms with Gasteiger partial charge in [-0.2, -0.15) is 0 Å². The number of hydrogen-bond acceptors (Lipinski definition) is 7. The summed E-state index contributed by atoms with van der Waals surface area (Å²) in [6.07, 6.45) is 33.9. The summed E-state index contributed by atoms with van der Waals surface area (Å²) in [6, 6.07) is 0. The summed E-state index contributed by atoms with van der Waals surface area (Å²) in [4.78, 5) is 0. The molecule has 2 unspecified atom stereocenters. The molecule has 0 aromatic rings. The minimum Gasteiger partial charge on any atom is -0.400 e. The van der Waals surface area contributed by atoms with Gasteiger partial charge in [0.2, 0.25) is 0 Å². The van der Waals surface area contributed by atoms with E-state index >= 15 is 0 Å². The topological polar surface area (TPSA) is 120 Å². The van der Waals surface area contributed by atoms with Crippen LogP contribution in [0.5, 0.6) is 0 Å². The molecule has 10 rings (SSSR count). The summed E-state index contributed by atoms with van der Waals surface area (Å²) in [5, 5.41) is 51.0. The lowest BCUT2D eigenvalue weighted by atomic mass is 9.43. The van der Waals surface area contributed by atoms with Crippen LogP contribution in [0.2, 0.25) is 0 Å². The van der Waals surface area contributed by atoms with E-state index < -0.39 is 16.8 Å². The van der Waals surface area contributed by atoms with Gasteiger partial charge in [-0.15, -0.1) is 0 Å². The third-order valence-corrected chi connectivity index (χ3v) is 24.6. The van der Waals surface area contributed by atoms with Crippen molar-refractivity contribution < 1.29 is 35.0 Å². The van der Waals surface area contributed by atoms with Gasteiger partial charge in [0.15, 0.2) is 0 Å². The first-order valence-corrected chi connectivity index (χ1v) is 29.4. The molecule has 0 spiro atoms. The number of fused-ring (bicyclic) bond motifs is 10. The first-order valence-electron chi connectivity index (χ1n) is 29.4. The average molecular weight is 952 g/mol. The molecule has 2 aliphatic heterocycles. The van der Waals surface area contributed by atoms with Crippen LogP contribution in [0.15, 0.2) is 11.6 Å². The van der Waals surface area contributed by atoms with Crippen molar-refractivity contribution in [3.8, 4) is 0 Å². The SMILES string of the molecule is CC[C@]1(O)CC[C@@]2(C)C(=CC[C@H]3[C@@H]4CC[C@H]([C@H](C)CCC5(O)CCCOC5)[C@@]4(C)CC[C@@H]32)C1.CC[C@]1(O)CC[C@@]2(C)[C@@H](CC[C@@H]3[C@@H]2CC[C@]2(C)[C@@H]([C@H](C)CCC4(O)CCCOC4)CC[C@@H]32)C1.CO. The Kier molecular flexibility index (Phi) is 16.3. The van der Waals surface area contributed by atoms with E-state index in [1.165, 1.54) is 83.5 Å². The van der Waals surface area contributed by atoms with Crippen molar-refractivity contribution in [3.63, 3.8) is 0 Å². The van der Waals surface area contributed by atoms with Crippen molar-refractivity contribution in [1.29, 1.82) is 0 Å². The van der Waals surface area contributed by atoms with Crippen LogP contribution in [0.1, 0.15) is 229 Å². The summed E-state index contributed by atoms with van der Waals surface area (Å²) >= 11 is 0. The van der Waals surface area contributed by atoms with E-state index in [1.807, 2.05) is 0 Å². The number of ether oxygens (including phenoxy) is 2. The Morgan fingerprint density at radius 3 is 1.59 bits per heavy atom. The molecule has 0 bridgehead atoms. The molecule has 8 aliphatic carbocycles. The molecule has 0 radical (unpaired) electrons. The van der Waals surface area contributed by atoms with Crippen molar-refractivity contribution in [2.45, 2.75) is 251 Å². The summed E-state index contributed by atoms with van der Waals surface area (Å²) < 4.78 is 11.2. The summed E-state index contributed by atoms with van der Waals surface area (Å²) in [5.74, 6) is 8.91. The second-order valence-corrected chi connectivity index (χ2v) is 27.7. The third-order valence-electron chi connectivity index (χ3n) is 24.6. The first kappa shape index (κ1) is 53.7. The Labute approximate surface area is 416 Å². The summed E-state index contributed by atoms with van der Waals surface area (Å²) in [6.45, 7) is 22.5. The van der Waals surface area contributed by atoms with Crippen molar-refractivity contribution in [1.82, 2.24) is 0 Å². The Morgan fingerprint density at radius 1 is 0.544 bits per heavy atom. The molecule has 392 valence electrons. The molecule has 7 heteroatoms. The second kappa shape index (κ2) is 20.6. The zero-order chi connectivity index (χ0) is 49.0. The van der Waals surface area contributed by atoms with Crippen LogP contribution >= 0.6 is 0 Å². The highest BCUT2D eigenvalue weighted by Gasteiger charge is 2.63. The zero-order valence-corrected chi connectivity index (χ0v) is 45.4. The van der Waals surface area contributed by atoms with Crippen molar-refractivity contribution >= 4 is 0 Å². The number of allylic oxidation sites excluding steroid dienone is 1. The molecule has 19 atom stereocenters. The lowest BCUT2D eigenvalue weighted by Crippen LogP contribution is -2.56. The molecule has 7 saturated carbocycles. The Morgan fingerprint density at radius 2 is 1.06 bits per heavy atom. The van der Waals surface area contributed by atoms with Gasteiger partial charge in [-0.25, -0.2) is 0 Å². The smallest absolute Gasteiger partial charge is 0.0881 e. The van der Waals surface area contributed by atoms with E-state index in [0.29, 0.717) is 46.7 Å². The van der Waals surface area contributed by atoms with Crippen LogP contribution in [0.25, 0.3) is 0 Å². The van der Waals surface area contributed by atoms with Crippen LogP contribution in [-0.2, 0) is 9.47 Å². The molecule has 5 N–H and O–H groups in total. The fourth-order valence-electron chi connectivity index (χ4n) is 20.1. The molecule has 10 aliphatic rings. The van der Waals surface area contributed by atoms with E-state index in [0.717, 1.165) is 163 Å². The Bertz CT molecular complexity index is 1700. The molecule has 9 fully saturated rings. The van der Waals surface area contributed by atoms with Gasteiger partial charge in [0.05, 0.1) is 35.6 Å². The second-order valence-electron chi connectivity index (χ2n) is 27.7. The third kappa shape index (κ3) is 9.94. The number of hydrogen-bond donors (Lipinski definition) is 5. The van der Waals surface area contributed by atoms with Crippen LogP contribution < -0.4 is 0 Å². The highest BCUT2D eigenvalue weighted by Crippen LogP contribution is 2.70. The van der Waals surface area contributed by atoms with Gasteiger partial charge in [-0.05, 0) is 260 Å². The Balaban J connectivity index is 0.000000177. The molecule has 7 nitrogen and oxygen atoms in total. The molecule has 0 aromatic carbocycles. The van der Waals surface area contributed by atoms with Crippen LogP contribution in [0.4, 0.5) is 0 Å². The predicted molar refractivity (Wildman–Crippen MR) is 276 cm³/mol. The maximum Gasteiger partial charge on any atom is 0.0881 e. The number of aliphatic hydroxyl groups is 5. The molecule has 68 heavy (non-hydrogen) atoms. The van der Waals surface area contributed by atoms with Crippen LogP contribution in [0, 0.1) is 86.8 Å². The monoisotopic (exact) mass is 951 g/mol. The largest absolute Gasteiger partial charge is 0.400 e. The minimum atomic E-state index is -0.580. The molecule has 0 amide bonds. The number of aliphatic hydroxyl groups excluding tert-OH is 1. The van der Waals surface area contributed by atoms with E-state index in [4.69, 9.17) is 14.6 Å². The molecule has 0 aromatic heterocycles. The maximum atomic E-state index is 11.1. The van der Waals surface area contributed by atoms with Crippen molar-refractivity contribution in [2.75, 3.05) is 33.5 Å². The van der Waals surface area contributed by atoms with Gasteiger partial charge in [-0.3, -0.25) is 0 Å². The normalized spacial score (nSPS) is 50.4.